The second-order valence-electron chi connectivity index (χ2n) is 8.26. The molecule has 3 aromatic carbocycles. The van der Waals surface area contributed by atoms with Crippen LogP contribution in [0.25, 0.3) is 0 Å². The van der Waals surface area contributed by atoms with Gasteiger partial charge in [0.2, 0.25) is 5.91 Å². The number of sulfonamides is 1. The SMILES string of the molecule is COc1ccc(CC(=O)Nc2ccc(N3CCCC3)c(S(=O)(=O)Nc3ccccc3OC)c2)cc1. The molecule has 0 atom stereocenters. The van der Waals surface area contributed by atoms with Crippen molar-refractivity contribution in [1.29, 1.82) is 0 Å². The number of hydrogen-bond acceptors (Lipinski definition) is 6. The van der Waals surface area contributed by atoms with Crippen LogP contribution in [0.15, 0.2) is 71.6 Å². The molecule has 1 saturated heterocycles. The largest absolute Gasteiger partial charge is 0.497 e. The lowest BCUT2D eigenvalue weighted by Gasteiger charge is -2.23. The summed E-state index contributed by atoms with van der Waals surface area (Å²) in [4.78, 5) is 14.8. The normalized spacial score (nSPS) is 13.4. The maximum atomic E-state index is 13.5. The van der Waals surface area contributed by atoms with Gasteiger partial charge in [0.05, 0.1) is 32.0 Å². The summed E-state index contributed by atoms with van der Waals surface area (Å²) in [5.74, 6) is 0.886. The van der Waals surface area contributed by atoms with Gasteiger partial charge in [-0.1, -0.05) is 24.3 Å². The molecule has 0 radical (unpaired) electrons. The highest BCUT2D eigenvalue weighted by Gasteiger charge is 2.25. The number of anilines is 3. The maximum Gasteiger partial charge on any atom is 0.264 e. The number of nitrogens with one attached hydrogen (secondary N) is 2. The molecule has 9 heteroatoms. The minimum atomic E-state index is -3.98. The number of nitrogens with zero attached hydrogens (tertiary/aromatic N) is 1. The Labute approximate surface area is 205 Å². The van der Waals surface area contributed by atoms with E-state index in [0.29, 0.717) is 28.6 Å². The summed E-state index contributed by atoms with van der Waals surface area (Å²) in [5.41, 5.74) is 2.18. The van der Waals surface area contributed by atoms with Crippen LogP contribution in [0, 0.1) is 0 Å². The zero-order chi connectivity index (χ0) is 24.8. The average molecular weight is 496 g/mol. The van der Waals surface area contributed by atoms with Crippen molar-refractivity contribution in [2.45, 2.75) is 24.2 Å². The second kappa shape index (κ2) is 10.7. The van der Waals surface area contributed by atoms with Gasteiger partial charge in [-0.15, -0.1) is 0 Å². The molecular formula is C26H29N3O5S. The van der Waals surface area contributed by atoms with E-state index >= 15 is 0 Å². The van der Waals surface area contributed by atoms with Gasteiger partial charge in [-0.05, 0) is 60.9 Å². The summed E-state index contributed by atoms with van der Waals surface area (Å²) >= 11 is 0. The minimum absolute atomic E-state index is 0.104. The van der Waals surface area contributed by atoms with E-state index in [1.807, 2.05) is 12.1 Å². The Morgan fingerprint density at radius 1 is 0.943 bits per heavy atom. The predicted octanol–water partition coefficient (Wildman–Crippen LogP) is 4.29. The first-order valence-electron chi connectivity index (χ1n) is 11.4. The van der Waals surface area contributed by atoms with Gasteiger partial charge < -0.3 is 19.7 Å². The summed E-state index contributed by atoms with van der Waals surface area (Å²) in [6, 6.07) is 19.1. The lowest BCUT2D eigenvalue weighted by atomic mass is 10.1. The Morgan fingerprint density at radius 3 is 2.34 bits per heavy atom. The van der Waals surface area contributed by atoms with Crippen molar-refractivity contribution in [1.82, 2.24) is 0 Å². The molecule has 0 bridgehead atoms. The summed E-state index contributed by atoms with van der Waals surface area (Å²) < 4.78 is 40.1. The molecule has 1 fully saturated rings. The molecule has 4 rings (SSSR count). The number of carbonyl (C=O) groups is 1. The van der Waals surface area contributed by atoms with Crippen molar-refractivity contribution in [3.63, 3.8) is 0 Å². The molecule has 1 aliphatic rings. The fourth-order valence-corrected chi connectivity index (χ4v) is 5.41. The maximum absolute atomic E-state index is 13.5. The molecule has 35 heavy (non-hydrogen) atoms. The van der Waals surface area contributed by atoms with E-state index in [1.54, 1.807) is 55.6 Å². The van der Waals surface area contributed by atoms with Gasteiger partial charge in [0, 0.05) is 18.8 Å². The fourth-order valence-electron chi connectivity index (χ4n) is 4.09. The summed E-state index contributed by atoms with van der Waals surface area (Å²) in [6.07, 6.45) is 2.15. The van der Waals surface area contributed by atoms with Crippen LogP contribution in [-0.2, 0) is 21.2 Å². The van der Waals surface area contributed by atoms with E-state index in [4.69, 9.17) is 9.47 Å². The molecular weight excluding hydrogens is 466 g/mol. The van der Waals surface area contributed by atoms with Crippen LogP contribution in [0.1, 0.15) is 18.4 Å². The highest BCUT2D eigenvalue weighted by Crippen LogP contribution is 2.34. The minimum Gasteiger partial charge on any atom is -0.497 e. The third-order valence-corrected chi connectivity index (χ3v) is 7.25. The van der Waals surface area contributed by atoms with Gasteiger partial charge in [-0.3, -0.25) is 9.52 Å². The molecule has 3 aromatic rings. The first kappa shape index (κ1) is 24.4. The van der Waals surface area contributed by atoms with Gasteiger partial charge in [-0.25, -0.2) is 8.42 Å². The number of ether oxygens (including phenoxy) is 2. The molecule has 1 heterocycles. The number of para-hydroxylation sites is 2. The molecule has 1 aliphatic heterocycles. The highest BCUT2D eigenvalue weighted by atomic mass is 32.2. The first-order chi connectivity index (χ1) is 16.9. The molecule has 8 nitrogen and oxygen atoms in total. The topological polar surface area (TPSA) is 97.0 Å². The smallest absolute Gasteiger partial charge is 0.264 e. The number of benzene rings is 3. The van der Waals surface area contributed by atoms with E-state index in [-0.39, 0.29) is 17.2 Å². The van der Waals surface area contributed by atoms with Crippen LogP contribution in [0.4, 0.5) is 17.1 Å². The number of hydrogen-bond donors (Lipinski definition) is 2. The van der Waals surface area contributed by atoms with Crippen molar-refractivity contribution in [2.24, 2.45) is 0 Å². The van der Waals surface area contributed by atoms with Gasteiger partial charge in [0.1, 0.15) is 16.4 Å². The van der Waals surface area contributed by atoms with Gasteiger partial charge in [-0.2, -0.15) is 0 Å². The number of rotatable bonds is 9. The Hall–Kier alpha value is -3.72. The van der Waals surface area contributed by atoms with Crippen molar-refractivity contribution in [3.8, 4) is 11.5 Å². The standard InChI is InChI=1S/C26H29N3O5S/c1-33-21-12-9-19(10-13-21)17-26(30)27-20-11-14-23(29-15-5-6-16-29)25(18-20)35(31,32)28-22-7-3-4-8-24(22)34-2/h3-4,7-14,18,28H,5-6,15-17H2,1-2H3,(H,27,30). The monoisotopic (exact) mass is 495 g/mol. The molecule has 0 aromatic heterocycles. The fraction of sp³-hybridized carbons (Fsp3) is 0.269. The van der Waals surface area contributed by atoms with Crippen LogP contribution in [0.5, 0.6) is 11.5 Å². The van der Waals surface area contributed by atoms with E-state index in [9.17, 15) is 13.2 Å². The zero-order valence-electron chi connectivity index (χ0n) is 19.8. The summed E-state index contributed by atoms with van der Waals surface area (Å²) in [6.45, 7) is 1.56. The van der Waals surface area contributed by atoms with Crippen LogP contribution in [0.2, 0.25) is 0 Å². The van der Waals surface area contributed by atoms with Gasteiger partial charge in [0.15, 0.2) is 0 Å². The molecule has 0 saturated carbocycles. The number of methoxy groups -OCH3 is 2. The van der Waals surface area contributed by atoms with Crippen LogP contribution in [-0.4, -0.2) is 41.6 Å². The zero-order valence-corrected chi connectivity index (χ0v) is 20.6. The average Bonchev–Trinajstić information content (AvgIpc) is 3.39. The quantitative estimate of drug-likeness (QED) is 0.460. The third-order valence-electron chi connectivity index (χ3n) is 5.85. The summed E-state index contributed by atoms with van der Waals surface area (Å²) in [5, 5.41) is 2.83. The second-order valence-corrected chi connectivity index (χ2v) is 9.91. The number of amides is 1. The molecule has 0 aliphatic carbocycles. The molecule has 1 amide bonds. The van der Waals surface area contributed by atoms with Crippen LogP contribution >= 0.6 is 0 Å². The molecule has 2 N–H and O–H groups in total. The first-order valence-corrected chi connectivity index (χ1v) is 12.9. The van der Waals surface area contributed by atoms with Crippen LogP contribution < -0.4 is 24.4 Å². The highest BCUT2D eigenvalue weighted by molar-refractivity contribution is 7.93. The Balaban J connectivity index is 1.61. The summed E-state index contributed by atoms with van der Waals surface area (Å²) in [7, 11) is -0.903. The van der Waals surface area contributed by atoms with Crippen molar-refractivity contribution in [3.05, 3.63) is 72.3 Å². The van der Waals surface area contributed by atoms with E-state index in [1.165, 1.54) is 13.2 Å². The van der Waals surface area contributed by atoms with Crippen molar-refractivity contribution < 1.29 is 22.7 Å². The van der Waals surface area contributed by atoms with Crippen LogP contribution in [0.3, 0.4) is 0 Å². The van der Waals surface area contributed by atoms with E-state index in [0.717, 1.165) is 31.5 Å². The van der Waals surface area contributed by atoms with E-state index < -0.39 is 10.0 Å². The lowest BCUT2D eigenvalue weighted by molar-refractivity contribution is -0.115. The Bertz CT molecular complexity index is 1290. The molecule has 0 spiro atoms. The lowest BCUT2D eigenvalue weighted by Crippen LogP contribution is -2.23. The Kier molecular flexibility index (Phi) is 7.45. The Morgan fingerprint density at radius 2 is 1.66 bits per heavy atom. The van der Waals surface area contributed by atoms with E-state index in [2.05, 4.69) is 14.9 Å². The third kappa shape index (κ3) is 5.86. The number of carbonyl (C=O) groups excluding carboxylic acids is 1. The van der Waals surface area contributed by atoms with Crippen molar-refractivity contribution in [2.75, 3.05) is 42.2 Å². The van der Waals surface area contributed by atoms with Crippen molar-refractivity contribution >= 4 is 33.0 Å². The predicted molar refractivity (Wildman–Crippen MR) is 137 cm³/mol. The van der Waals surface area contributed by atoms with Gasteiger partial charge in [0.25, 0.3) is 10.0 Å². The molecule has 0 unspecified atom stereocenters. The molecule has 184 valence electrons. The van der Waals surface area contributed by atoms with Gasteiger partial charge >= 0.3 is 0 Å².